The summed E-state index contributed by atoms with van der Waals surface area (Å²) in [7, 11) is 0. The highest BCUT2D eigenvalue weighted by atomic mass is 16.4. The molecule has 2 aromatic rings. The number of carbonyl (C=O) groups is 5. The minimum Gasteiger partial charge on any atom is -0.481 e. The standard InChI is InChI=1S/C22H29N5O8/c1-11(28)19(22(34)35)27-21(33)16(8-12-10-24-14-5-3-2-4-13(12)14)26-20(32)15(6-7-18(30)31)25-17(29)9-23/h2-5,10-11,15-16,19,24,28H,6-9,23H2,1H3,(H,25,29)(H,26,32)(H,27,33)(H,30,31)(H,34,35). The number of carboxylic acids is 2. The summed E-state index contributed by atoms with van der Waals surface area (Å²) in [5.74, 6) is -5.11. The van der Waals surface area contributed by atoms with Crippen molar-refractivity contribution in [1.82, 2.24) is 20.9 Å². The number of carbonyl (C=O) groups excluding carboxylic acids is 3. The maximum atomic E-state index is 13.0. The van der Waals surface area contributed by atoms with Crippen molar-refractivity contribution in [2.75, 3.05) is 6.54 Å². The summed E-state index contributed by atoms with van der Waals surface area (Å²) in [4.78, 5) is 63.2. The zero-order valence-electron chi connectivity index (χ0n) is 19.0. The molecule has 0 fully saturated rings. The summed E-state index contributed by atoms with van der Waals surface area (Å²) >= 11 is 0. The van der Waals surface area contributed by atoms with Crippen molar-refractivity contribution < 1.29 is 39.3 Å². The summed E-state index contributed by atoms with van der Waals surface area (Å²) in [6, 6.07) is 2.95. The highest BCUT2D eigenvalue weighted by Crippen LogP contribution is 2.19. The number of amides is 3. The maximum Gasteiger partial charge on any atom is 0.328 e. The lowest BCUT2D eigenvalue weighted by atomic mass is 10.0. The van der Waals surface area contributed by atoms with E-state index in [-0.39, 0.29) is 12.8 Å². The van der Waals surface area contributed by atoms with Crippen LogP contribution in [0.2, 0.25) is 0 Å². The van der Waals surface area contributed by atoms with Crippen LogP contribution in [0.1, 0.15) is 25.3 Å². The zero-order chi connectivity index (χ0) is 26.1. The lowest BCUT2D eigenvalue weighted by Crippen LogP contribution is -2.58. The van der Waals surface area contributed by atoms with Crippen LogP contribution < -0.4 is 21.7 Å². The largest absolute Gasteiger partial charge is 0.481 e. The van der Waals surface area contributed by atoms with Gasteiger partial charge in [0.2, 0.25) is 17.7 Å². The van der Waals surface area contributed by atoms with Crippen LogP contribution in [0.25, 0.3) is 10.9 Å². The van der Waals surface area contributed by atoms with E-state index in [1.807, 2.05) is 12.1 Å². The van der Waals surface area contributed by atoms with Gasteiger partial charge in [0, 0.05) is 29.9 Å². The van der Waals surface area contributed by atoms with Crippen LogP contribution in [0.5, 0.6) is 0 Å². The Kier molecular flexibility index (Phi) is 9.73. The third-order valence-corrected chi connectivity index (χ3v) is 5.26. The van der Waals surface area contributed by atoms with Gasteiger partial charge in [-0.05, 0) is 25.0 Å². The van der Waals surface area contributed by atoms with Crippen molar-refractivity contribution in [1.29, 1.82) is 0 Å². The van der Waals surface area contributed by atoms with Crippen LogP contribution >= 0.6 is 0 Å². The number of para-hydroxylation sites is 1. The number of aliphatic carboxylic acids is 2. The normalized spacial score (nSPS) is 14.4. The summed E-state index contributed by atoms with van der Waals surface area (Å²) < 4.78 is 0. The van der Waals surface area contributed by atoms with E-state index in [4.69, 9.17) is 10.8 Å². The number of hydrogen-bond acceptors (Lipinski definition) is 7. The molecule has 0 aliphatic heterocycles. The van der Waals surface area contributed by atoms with Crippen molar-refractivity contribution >= 4 is 40.6 Å². The number of fused-ring (bicyclic) bond motifs is 1. The number of carboxylic acid groups (broad SMARTS) is 2. The van der Waals surface area contributed by atoms with Gasteiger partial charge >= 0.3 is 11.9 Å². The van der Waals surface area contributed by atoms with E-state index >= 15 is 0 Å². The fourth-order valence-corrected chi connectivity index (χ4v) is 3.43. The number of aliphatic hydroxyl groups excluding tert-OH is 1. The Morgan fingerprint density at radius 2 is 1.66 bits per heavy atom. The first kappa shape index (κ1) is 27.3. The van der Waals surface area contributed by atoms with Gasteiger partial charge < -0.3 is 42.0 Å². The number of benzene rings is 1. The Morgan fingerprint density at radius 3 is 2.26 bits per heavy atom. The molecule has 0 saturated heterocycles. The second-order valence-corrected chi connectivity index (χ2v) is 7.95. The average molecular weight is 492 g/mol. The highest BCUT2D eigenvalue weighted by Gasteiger charge is 2.32. The molecule has 0 bridgehead atoms. The molecule has 0 saturated carbocycles. The summed E-state index contributed by atoms with van der Waals surface area (Å²) in [5, 5.41) is 35.8. The summed E-state index contributed by atoms with van der Waals surface area (Å²) in [5.41, 5.74) is 6.68. The molecule has 4 atom stereocenters. The van der Waals surface area contributed by atoms with E-state index in [1.165, 1.54) is 6.92 Å². The maximum absolute atomic E-state index is 13.0. The molecule has 0 aliphatic rings. The van der Waals surface area contributed by atoms with E-state index < -0.39 is 66.9 Å². The molecular weight excluding hydrogens is 462 g/mol. The Morgan fingerprint density at radius 1 is 1.00 bits per heavy atom. The first-order valence-corrected chi connectivity index (χ1v) is 10.8. The molecule has 35 heavy (non-hydrogen) atoms. The van der Waals surface area contributed by atoms with Crippen molar-refractivity contribution in [3.8, 4) is 0 Å². The van der Waals surface area contributed by atoms with Crippen molar-refractivity contribution in [3.05, 3.63) is 36.0 Å². The van der Waals surface area contributed by atoms with E-state index in [1.54, 1.807) is 18.3 Å². The molecule has 9 N–H and O–H groups in total. The number of aliphatic hydroxyl groups is 1. The minimum atomic E-state index is -1.63. The van der Waals surface area contributed by atoms with Crippen LogP contribution in [0, 0.1) is 0 Å². The van der Waals surface area contributed by atoms with Gasteiger partial charge in [0.05, 0.1) is 12.6 Å². The van der Waals surface area contributed by atoms with E-state index in [0.717, 1.165) is 10.9 Å². The van der Waals surface area contributed by atoms with Gasteiger partial charge in [-0.2, -0.15) is 0 Å². The molecule has 4 unspecified atom stereocenters. The van der Waals surface area contributed by atoms with Crippen LogP contribution in [0.3, 0.4) is 0 Å². The summed E-state index contributed by atoms with van der Waals surface area (Å²) in [6.07, 6.45) is -0.554. The molecular formula is C22H29N5O8. The Bertz CT molecular complexity index is 1080. The number of H-pyrrole nitrogens is 1. The van der Waals surface area contributed by atoms with Gasteiger partial charge in [-0.3, -0.25) is 19.2 Å². The molecule has 3 amide bonds. The topological polar surface area (TPSA) is 224 Å². The van der Waals surface area contributed by atoms with Crippen molar-refractivity contribution in [3.63, 3.8) is 0 Å². The highest BCUT2D eigenvalue weighted by molar-refractivity contribution is 5.94. The van der Waals surface area contributed by atoms with E-state index in [0.29, 0.717) is 5.56 Å². The SMILES string of the molecule is CC(O)C(NC(=O)C(Cc1c[nH]c2ccccc12)NC(=O)C(CCC(=O)O)NC(=O)CN)C(=O)O. The van der Waals surface area contributed by atoms with Crippen LogP contribution in [-0.4, -0.2) is 80.7 Å². The average Bonchev–Trinajstić information content (AvgIpc) is 3.21. The fourth-order valence-electron chi connectivity index (χ4n) is 3.43. The van der Waals surface area contributed by atoms with E-state index in [9.17, 15) is 34.2 Å². The second kappa shape index (κ2) is 12.5. The number of aromatic amines is 1. The van der Waals surface area contributed by atoms with Gasteiger partial charge in [0.15, 0.2) is 6.04 Å². The van der Waals surface area contributed by atoms with Gasteiger partial charge in [0.25, 0.3) is 0 Å². The number of nitrogens with two attached hydrogens (primary N) is 1. The van der Waals surface area contributed by atoms with Crippen LogP contribution in [-0.2, 0) is 30.4 Å². The monoisotopic (exact) mass is 491 g/mol. The third-order valence-electron chi connectivity index (χ3n) is 5.26. The number of aromatic nitrogens is 1. The molecule has 0 aliphatic carbocycles. The number of hydrogen-bond donors (Lipinski definition) is 8. The van der Waals surface area contributed by atoms with Gasteiger partial charge in [-0.15, -0.1) is 0 Å². The lowest BCUT2D eigenvalue weighted by molar-refractivity contribution is -0.145. The molecule has 190 valence electrons. The molecule has 1 heterocycles. The Balaban J connectivity index is 2.32. The quantitative estimate of drug-likeness (QED) is 0.162. The van der Waals surface area contributed by atoms with Gasteiger partial charge in [-0.25, -0.2) is 4.79 Å². The van der Waals surface area contributed by atoms with Crippen LogP contribution in [0.15, 0.2) is 30.5 Å². The lowest BCUT2D eigenvalue weighted by Gasteiger charge is -2.25. The third kappa shape index (κ3) is 7.79. The molecule has 0 radical (unpaired) electrons. The zero-order valence-corrected chi connectivity index (χ0v) is 19.0. The molecule has 13 heteroatoms. The predicted molar refractivity (Wildman–Crippen MR) is 123 cm³/mol. The van der Waals surface area contributed by atoms with Crippen molar-refractivity contribution in [2.24, 2.45) is 5.73 Å². The van der Waals surface area contributed by atoms with Gasteiger partial charge in [0.1, 0.15) is 12.1 Å². The smallest absolute Gasteiger partial charge is 0.328 e. The molecule has 2 rings (SSSR count). The second-order valence-electron chi connectivity index (χ2n) is 7.95. The van der Waals surface area contributed by atoms with E-state index in [2.05, 4.69) is 20.9 Å². The molecule has 13 nitrogen and oxygen atoms in total. The number of nitrogens with one attached hydrogen (secondary N) is 4. The summed E-state index contributed by atoms with van der Waals surface area (Å²) in [6.45, 7) is 0.751. The minimum absolute atomic E-state index is 0.0653. The fraction of sp³-hybridized carbons (Fsp3) is 0.409. The molecule has 0 spiro atoms. The first-order valence-electron chi connectivity index (χ1n) is 10.8. The van der Waals surface area contributed by atoms with Crippen molar-refractivity contribution in [2.45, 2.75) is 50.4 Å². The Hall–Kier alpha value is -3.97. The molecule has 1 aromatic carbocycles. The van der Waals surface area contributed by atoms with Gasteiger partial charge in [-0.1, -0.05) is 18.2 Å². The molecule has 1 aromatic heterocycles. The Labute approximate surface area is 200 Å². The predicted octanol–water partition coefficient (Wildman–Crippen LogP) is -1.55. The van der Waals surface area contributed by atoms with Crippen LogP contribution in [0.4, 0.5) is 0 Å². The number of rotatable bonds is 13. The first-order chi connectivity index (χ1) is 16.5.